The van der Waals surface area contributed by atoms with Crippen LogP contribution in [-0.2, 0) is 32.7 Å². The van der Waals surface area contributed by atoms with E-state index in [0.29, 0.717) is 19.3 Å². The Balaban J connectivity index is 4.43. The maximum absolute atomic E-state index is 12.5. The number of hydrogen-bond acceptors (Lipinski definition) is 8. The molecule has 0 aromatic heterocycles. The van der Waals surface area contributed by atoms with Crippen LogP contribution in [0.25, 0.3) is 0 Å². The fourth-order valence-electron chi connectivity index (χ4n) is 4.77. The summed E-state index contributed by atoms with van der Waals surface area (Å²) in [5.74, 6) is -1.01. The van der Waals surface area contributed by atoms with Gasteiger partial charge in [0.2, 0.25) is 0 Å². The number of ether oxygens (including phenoxy) is 2. The molecule has 0 aliphatic rings. The van der Waals surface area contributed by atoms with Crippen molar-refractivity contribution in [3.05, 3.63) is 122 Å². The van der Waals surface area contributed by atoms with Crippen LogP contribution in [0.5, 0.6) is 0 Å². The van der Waals surface area contributed by atoms with Crippen molar-refractivity contribution in [1.29, 1.82) is 0 Å². The van der Waals surface area contributed by atoms with E-state index in [1.165, 1.54) is 19.3 Å². The molecule has 2 atom stereocenters. The predicted octanol–water partition coefficient (Wildman–Crippen LogP) is 12.2. The Kier molecular flexibility index (Phi) is 39.4. The lowest BCUT2D eigenvalue weighted by atomic mass is 10.2. The minimum Gasteiger partial charge on any atom is -0.462 e. The highest BCUT2D eigenvalue weighted by Gasteiger charge is 2.25. The second-order valence-electron chi connectivity index (χ2n) is 13.1. The van der Waals surface area contributed by atoms with Gasteiger partial charge in [-0.05, 0) is 89.9 Å². The van der Waals surface area contributed by atoms with Crippen molar-refractivity contribution in [1.82, 2.24) is 0 Å². The molecule has 0 fully saturated rings. The standard InChI is InChI=1S/C47H74NO8P/c1-3-5-7-9-11-13-15-17-19-21-22-24-25-27-29-31-33-35-37-39-46(49)53-43-45(44-55-57(51,52)54-42-41-48)56-47(50)40-38-36-34-32-30-28-26-23-20-18-16-14-12-10-8-6-4-2/h5,7,11-14,17-20,22,24,26-29,32-35,45H,3-4,6,8-10,15-16,21,23,25,30-31,36-44,48H2,1-2H3,(H,51,52)/b7-5-,13-11-,14-12-,19-17-,20-18-,24-22-,28-26-,29-27-,34-32-,35-33-. The first-order valence-corrected chi connectivity index (χ1v) is 22.5. The Morgan fingerprint density at radius 3 is 1.44 bits per heavy atom. The zero-order valence-electron chi connectivity index (χ0n) is 35.0. The molecular weight excluding hydrogens is 737 g/mol. The van der Waals surface area contributed by atoms with E-state index in [0.717, 1.165) is 64.2 Å². The largest absolute Gasteiger partial charge is 0.472 e. The minimum atomic E-state index is -4.42. The van der Waals surface area contributed by atoms with Crippen LogP contribution in [0.1, 0.15) is 129 Å². The summed E-state index contributed by atoms with van der Waals surface area (Å²) in [7, 11) is -4.42. The topological polar surface area (TPSA) is 134 Å². The molecule has 9 nitrogen and oxygen atoms in total. The number of esters is 2. The van der Waals surface area contributed by atoms with Gasteiger partial charge < -0.3 is 20.1 Å². The molecule has 0 rings (SSSR count). The first-order chi connectivity index (χ1) is 27.8. The molecule has 0 spiro atoms. The van der Waals surface area contributed by atoms with Crippen LogP contribution in [0.15, 0.2) is 122 Å². The maximum atomic E-state index is 12.5. The lowest BCUT2D eigenvalue weighted by molar-refractivity contribution is -0.161. The number of phosphoric acid groups is 1. The van der Waals surface area contributed by atoms with Crippen molar-refractivity contribution in [2.75, 3.05) is 26.4 Å². The van der Waals surface area contributed by atoms with Crippen LogP contribution in [0, 0.1) is 0 Å². The highest BCUT2D eigenvalue weighted by atomic mass is 31.2. The molecule has 2 unspecified atom stereocenters. The van der Waals surface area contributed by atoms with Crippen LogP contribution in [-0.4, -0.2) is 49.3 Å². The van der Waals surface area contributed by atoms with Gasteiger partial charge in [0.05, 0.1) is 13.2 Å². The lowest BCUT2D eigenvalue weighted by Crippen LogP contribution is -2.29. The Bertz CT molecular complexity index is 1340. The van der Waals surface area contributed by atoms with Crippen LogP contribution >= 0.6 is 7.82 Å². The Morgan fingerprint density at radius 2 is 0.982 bits per heavy atom. The number of unbranched alkanes of at least 4 members (excludes halogenated alkanes) is 4. The molecule has 0 aromatic rings. The molecular formula is C47H74NO8P. The minimum absolute atomic E-state index is 0.0279. The highest BCUT2D eigenvalue weighted by Crippen LogP contribution is 2.43. The van der Waals surface area contributed by atoms with E-state index < -0.39 is 32.5 Å². The number of carbonyl (C=O) groups is 2. The number of phosphoric ester groups is 1. The maximum Gasteiger partial charge on any atom is 0.472 e. The molecule has 320 valence electrons. The number of rotatable bonds is 37. The van der Waals surface area contributed by atoms with E-state index in [1.54, 1.807) is 0 Å². The molecule has 0 amide bonds. The van der Waals surface area contributed by atoms with Crippen molar-refractivity contribution < 1.29 is 37.6 Å². The van der Waals surface area contributed by atoms with Crippen molar-refractivity contribution in [3.8, 4) is 0 Å². The van der Waals surface area contributed by atoms with Gasteiger partial charge in [0, 0.05) is 19.4 Å². The number of nitrogens with two attached hydrogens (primary N) is 1. The number of carbonyl (C=O) groups excluding carboxylic acids is 2. The molecule has 0 saturated heterocycles. The van der Waals surface area contributed by atoms with Gasteiger partial charge in [-0.2, -0.15) is 0 Å². The van der Waals surface area contributed by atoms with Crippen LogP contribution < -0.4 is 5.73 Å². The van der Waals surface area contributed by atoms with Gasteiger partial charge in [-0.15, -0.1) is 0 Å². The third-order valence-corrected chi connectivity index (χ3v) is 8.83. The summed E-state index contributed by atoms with van der Waals surface area (Å²) in [4.78, 5) is 34.8. The fourth-order valence-corrected chi connectivity index (χ4v) is 5.53. The third kappa shape index (κ3) is 41.9. The van der Waals surface area contributed by atoms with E-state index >= 15 is 0 Å². The summed E-state index contributed by atoms with van der Waals surface area (Å²) in [5, 5.41) is 0. The molecule has 0 aromatic carbocycles. The average molecular weight is 812 g/mol. The van der Waals surface area contributed by atoms with E-state index in [2.05, 4.69) is 117 Å². The SMILES string of the molecule is CC/C=C\C/C=C\C/C=C\C/C=C\C/C=C\C/C=C\CCC(=O)OCC(COP(=O)(O)OCCN)OC(=O)CCC/C=C\C/C=C\C/C=C\C/C=C\CCCCC. The number of hydrogen-bond donors (Lipinski definition) is 2. The molecule has 0 bridgehead atoms. The summed E-state index contributed by atoms with van der Waals surface area (Å²) >= 11 is 0. The molecule has 0 heterocycles. The van der Waals surface area contributed by atoms with Gasteiger partial charge in [0.15, 0.2) is 6.10 Å². The van der Waals surface area contributed by atoms with Crippen LogP contribution in [0.2, 0.25) is 0 Å². The molecule has 0 aliphatic heterocycles. The van der Waals surface area contributed by atoms with Crippen molar-refractivity contribution in [2.24, 2.45) is 5.73 Å². The van der Waals surface area contributed by atoms with E-state index in [1.807, 2.05) is 18.2 Å². The van der Waals surface area contributed by atoms with Crippen LogP contribution in [0.3, 0.4) is 0 Å². The predicted molar refractivity (Wildman–Crippen MR) is 237 cm³/mol. The summed E-state index contributed by atoms with van der Waals surface area (Å²) in [6.07, 6.45) is 56.8. The molecule has 57 heavy (non-hydrogen) atoms. The van der Waals surface area contributed by atoms with Crippen LogP contribution in [0.4, 0.5) is 0 Å². The first-order valence-electron chi connectivity index (χ1n) is 21.0. The fraction of sp³-hybridized carbons (Fsp3) is 0.532. The Labute approximate surface area is 345 Å². The summed E-state index contributed by atoms with van der Waals surface area (Å²) in [6, 6.07) is 0. The summed E-state index contributed by atoms with van der Waals surface area (Å²) in [6.45, 7) is 3.40. The normalized spacial score (nSPS) is 14.5. The molecule has 3 N–H and O–H groups in total. The molecule has 0 saturated carbocycles. The monoisotopic (exact) mass is 812 g/mol. The second kappa shape index (κ2) is 42.0. The number of allylic oxidation sites excluding steroid dienone is 20. The van der Waals surface area contributed by atoms with Gasteiger partial charge in [-0.25, -0.2) is 4.57 Å². The quantitative estimate of drug-likeness (QED) is 0.0272. The van der Waals surface area contributed by atoms with Gasteiger partial charge in [0.25, 0.3) is 0 Å². The van der Waals surface area contributed by atoms with Crippen molar-refractivity contribution in [2.45, 2.75) is 136 Å². The van der Waals surface area contributed by atoms with Gasteiger partial charge >= 0.3 is 19.8 Å². The zero-order valence-corrected chi connectivity index (χ0v) is 35.9. The molecule has 10 heteroatoms. The second-order valence-corrected chi connectivity index (χ2v) is 14.6. The lowest BCUT2D eigenvalue weighted by Gasteiger charge is -2.19. The van der Waals surface area contributed by atoms with E-state index in [-0.39, 0.29) is 32.6 Å². The van der Waals surface area contributed by atoms with Crippen molar-refractivity contribution in [3.63, 3.8) is 0 Å². The first kappa shape index (κ1) is 53.4. The Morgan fingerprint density at radius 1 is 0.544 bits per heavy atom. The van der Waals surface area contributed by atoms with Gasteiger partial charge in [-0.1, -0.05) is 148 Å². The molecule has 0 aliphatic carbocycles. The average Bonchev–Trinajstić information content (AvgIpc) is 3.20. The summed E-state index contributed by atoms with van der Waals surface area (Å²) < 4.78 is 32.6. The smallest absolute Gasteiger partial charge is 0.462 e. The zero-order chi connectivity index (χ0) is 41.8. The van der Waals surface area contributed by atoms with Gasteiger partial charge in [0.1, 0.15) is 6.61 Å². The highest BCUT2D eigenvalue weighted by molar-refractivity contribution is 7.47. The third-order valence-electron chi connectivity index (χ3n) is 7.85. The van der Waals surface area contributed by atoms with E-state index in [4.69, 9.17) is 24.3 Å². The molecule has 0 radical (unpaired) electrons. The van der Waals surface area contributed by atoms with Crippen molar-refractivity contribution >= 4 is 19.8 Å². The Hall–Kier alpha value is -3.59. The van der Waals surface area contributed by atoms with E-state index in [9.17, 15) is 19.0 Å². The van der Waals surface area contributed by atoms with Gasteiger partial charge in [-0.3, -0.25) is 18.6 Å². The summed E-state index contributed by atoms with van der Waals surface area (Å²) in [5.41, 5.74) is 5.33.